The van der Waals surface area contributed by atoms with Crippen LogP contribution in [-0.4, -0.2) is 19.8 Å². The van der Waals surface area contributed by atoms with E-state index in [0.29, 0.717) is 5.65 Å². The number of benzene rings is 1. The van der Waals surface area contributed by atoms with Gasteiger partial charge >= 0.3 is 0 Å². The summed E-state index contributed by atoms with van der Waals surface area (Å²) in [6, 6.07) is 6.94. The summed E-state index contributed by atoms with van der Waals surface area (Å²) >= 11 is 5.75. The zero-order chi connectivity index (χ0) is 12.7. The van der Waals surface area contributed by atoms with Crippen LogP contribution in [0.2, 0.25) is 5.15 Å². The summed E-state index contributed by atoms with van der Waals surface area (Å²) < 4.78 is 28.1. The van der Waals surface area contributed by atoms with Crippen LogP contribution in [0.15, 0.2) is 30.3 Å². The number of nitrogens with zero attached hydrogens (tertiary/aromatic N) is 4. The topological polar surface area (TPSA) is 43.1 Å². The lowest BCUT2D eigenvalue weighted by Crippen LogP contribution is -1.98. The van der Waals surface area contributed by atoms with Crippen LogP contribution in [0, 0.1) is 11.6 Å². The van der Waals surface area contributed by atoms with Gasteiger partial charge in [-0.1, -0.05) is 17.7 Å². The van der Waals surface area contributed by atoms with Crippen LogP contribution >= 0.6 is 11.6 Å². The molecule has 0 fully saturated rings. The molecular weight excluding hydrogens is 262 g/mol. The molecule has 0 spiro atoms. The van der Waals surface area contributed by atoms with Crippen molar-refractivity contribution in [2.75, 3.05) is 0 Å². The molecular formula is C11H5ClF2N4. The summed E-state index contributed by atoms with van der Waals surface area (Å²) in [7, 11) is 0. The average molecular weight is 267 g/mol. The standard InChI is InChI=1S/C11H5ClF2N4/c12-8-4-5-9-15-16-11(18(9)17-8)6-2-1-3-7(13)10(6)14/h1-5H. The van der Waals surface area contributed by atoms with Crippen molar-refractivity contribution < 1.29 is 8.78 Å². The van der Waals surface area contributed by atoms with Gasteiger partial charge in [0.05, 0.1) is 5.56 Å². The molecule has 2 aromatic heterocycles. The van der Waals surface area contributed by atoms with Gasteiger partial charge in [0.2, 0.25) is 0 Å². The highest BCUT2D eigenvalue weighted by molar-refractivity contribution is 6.29. The highest BCUT2D eigenvalue weighted by Crippen LogP contribution is 2.23. The minimum atomic E-state index is -0.992. The molecule has 0 radical (unpaired) electrons. The van der Waals surface area contributed by atoms with Crippen molar-refractivity contribution in [1.82, 2.24) is 19.8 Å². The van der Waals surface area contributed by atoms with Gasteiger partial charge in [-0.05, 0) is 24.3 Å². The number of halogens is 3. The molecule has 0 aliphatic carbocycles. The van der Waals surface area contributed by atoms with Gasteiger partial charge in [0.25, 0.3) is 0 Å². The smallest absolute Gasteiger partial charge is 0.188 e. The fourth-order valence-electron chi connectivity index (χ4n) is 1.61. The molecule has 0 aliphatic heterocycles. The zero-order valence-corrected chi connectivity index (χ0v) is 9.57. The third-order valence-electron chi connectivity index (χ3n) is 2.42. The lowest BCUT2D eigenvalue weighted by Gasteiger charge is -2.01. The molecule has 0 saturated carbocycles. The predicted octanol–water partition coefficient (Wildman–Crippen LogP) is 2.72. The van der Waals surface area contributed by atoms with E-state index in [-0.39, 0.29) is 16.5 Å². The normalized spacial score (nSPS) is 11.1. The van der Waals surface area contributed by atoms with Gasteiger partial charge in [0.15, 0.2) is 23.1 Å². The molecule has 0 bridgehead atoms. The highest BCUT2D eigenvalue weighted by Gasteiger charge is 2.16. The van der Waals surface area contributed by atoms with E-state index in [4.69, 9.17) is 11.6 Å². The van der Waals surface area contributed by atoms with Gasteiger partial charge in [-0.3, -0.25) is 0 Å². The third-order valence-corrected chi connectivity index (χ3v) is 2.62. The minimum absolute atomic E-state index is 0.0164. The summed E-state index contributed by atoms with van der Waals surface area (Å²) in [5, 5.41) is 11.8. The van der Waals surface area contributed by atoms with Crippen molar-refractivity contribution in [3.05, 3.63) is 47.1 Å². The number of aromatic nitrogens is 4. The zero-order valence-electron chi connectivity index (χ0n) is 8.81. The fraction of sp³-hybridized carbons (Fsp3) is 0. The second-order valence-corrected chi connectivity index (χ2v) is 3.94. The molecule has 4 nitrogen and oxygen atoms in total. The Morgan fingerprint density at radius 3 is 2.72 bits per heavy atom. The van der Waals surface area contributed by atoms with Crippen LogP contribution in [0.1, 0.15) is 0 Å². The van der Waals surface area contributed by atoms with E-state index in [1.807, 2.05) is 0 Å². The SMILES string of the molecule is Fc1cccc(-c2nnc3ccc(Cl)nn23)c1F. The lowest BCUT2D eigenvalue weighted by atomic mass is 10.2. The monoisotopic (exact) mass is 266 g/mol. The molecule has 0 atom stereocenters. The summed E-state index contributed by atoms with van der Waals surface area (Å²) in [6.07, 6.45) is 0. The molecule has 2 heterocycles. The first-order chi connectivity index (χ1) is 8.66. The Hall–Kier alpha value is -2.08. The Balaban J connectivity index is 2.32. The van der Waals surface area contributed by atoms with Gasteiger partial charge in [-0.2, -0.15) is 9.61 Å². The maximum atomic E-state index is 13.7. The summed E-state index contributed by atoms with van der Waals surface area (Å²) in [5.74, 6) is -1.84. The van der Waals surface area contributed by atoms with E-state index in [1.54, 1.807) is 6.07 Å². The Kier molecular flexibility index (Phi) is 2.45. The molecule has 3 rings (SSSR count). The molecule has 1 aromatic carbocycles. The molecule has 0 aliphatic rings. The van der Waals surface area contributed by atoms with E-state index in [1.165, 1.54) is 22.7 Å². The first-order valence-corrected chi connectivity index (χ1v) is 5.37. The minimum Gasteiger partial charge on any atom is -0.204 e. The van der Waals surface area contributed by atoms with Crippen LogP contribution in [0.3, 0.4) is 0 Å². The summed E-state index contributed by atoms with van der Waals surface area (Å²) in [5.41, 5.74) is 0.385. The number of hydrogen-bond donors (Lipinski definition) is 0. The van der Waals surface area contributed by atoms with Crippen molar-refractivity contribution in [1.29, 1.82) is 0 Å². The highest BCUT2D eigenvalue weighted by atomic mass is 35.5. The van der Waals surface area contributed by atoms with Crippen molar-refractivity contribution in [3.63, 3.8) is 0 Å². The lowest BCUT2D eigenvalue weighted by molar-refractivity contribution is 0.510. The molecule has 7 heteroatoms. The van der Waals surface area contributed by atoms with Crippen molar-refractivity contribution in [2.45, 2.75) is 0 Å². The van der Waals surface area contributed by atoms with Gasteiger partial charge < -0.3 is 0 Å². The molecule has 0 N–H and O–H groups in total. The van der Waals surface area contributed by atoms with Crippen LogP contribution in [0.5, 0.6) is 0 Å². The molecule has 3 aromatic rings. The van der Waals surface area contributed by atoms with Crippen LogP contribution in [0.4, 0.5) is 8.78 Å². The largest absolute Gasteiger partial charge is 0.204 e. The first-order valence-electron chi connectivity index (χ1n) is 4.99. The van der Waals surface area contributed by atoms with Crippen LogP contribution in [-0.2, 0) is 0 Å². The molecule has 18 heavy (non-hydrogen) atoms. The predicted molar refractivity (Wildman–Crippen MR) is 61.1 cm³/mol. The first kappa shape index (κ1) is 11.0. The quantitative estimate of drug-likeness (QED) is 0.680. The van der Waals surface area contributed by atoms with E-state index in [2.05, 4.69) is 15.3 Å². The number of hydrogen-bond acceptors (Lipinski definition) is 3. The Labute approximate surface area is 105 Å². The second-order valence-electron chi connectivity index (χ2n) is 3.55. The Morgan fingerprint density at radius 2 is 1.89 bits per heavy atom. The molecule has 0 amide bonds. The molecule has 0 saturated heterocycles. The van der Waals surface area contributed by atoms with E-state index in [9.17, 15) is 8.78 Å². The molecule has 0 unspecified atom stereocenters. The average Bonchev–Trinajstić information content (AvgIpc) is 2.75. The Bertz CT molecular complexity index is 741. The maximum Gasteiger partial charge on any atom is 0.188 e. The number of fused-ring (bicyclic) bond motifs is 1. The van der Waals surface area contributed by atoms with Crippen LogP contribution in [0.25, 0.3) is 17.0 Å². The van der Waals surface area contributed by atoms with E-state index >= 15 is 0 Å². The van der Waals surface area contributed by atoms with Crippen LogP contribution < -0.4 is 0 Å². The van der Waals surface area contributed by atoms with Gasteiger partial charge in [0.1, 0.15) is 5.15 Å². The van der Waals surface area contributed by atoms with Gasteiger partial charge in [-0.15, -0.1) is 10.2 Å². The second kappa shape index (κ2) is 3.99. The van der Waals surface area contributed by atoms with Gasteiger partial charge in [-0.25, -0.2) is 8.78 Å². The summed E-state index contributed by atoms with van der Waals surface area (Å²) in [6.45, 7) is 0. The van der Waals surface area contributed by atoms with Crippen molar-refractivity contribution in [2.24, 2.45) is 0 Å². The summed E-state index contributed by atoms with van der Waals surface area (Å²) in [4.78, 5) is 0. The van der Waals surface area contributed by atoms with Crippen molar-refractivity contribution in [3.8, 4) is 11.4 Å². The third kappa shape index (κ3) is 1.62. The van der Waals surface area contributed by atoms with Gasteiger partial charge in [0, 0.05) is 0 Å². The fourth-order valence-corrected chi connectivity index (χ4v) is 1.75. The maximum absolute atomic E-state index is 13.7. The van der Waals surface area contributed by atoms with E-state index in [0.717, 1.165) is 6.07 Å². The molecule has 90 valence electrons. The Morgan fingerprint density at radius 1 is 1.06 bits per heavy atom. The number of rotatable bonds is 1. The van der Waals surface area contributed by atoms with Crippen molar-refractivity contribution >= 4 is 17.2 Å². The van der Waals surface area contributed by atoms with E-state index < -0.39 is 11.6 Å².